The highest BCUT2D eigenvalue weighted by atomic mass is 16.1. The zero-order valence-electron chi connectivity index (χ0n) is 14.8. The Morgan fingerprint density at radius 3 is 2.92 bits per heavy atom. The third-order valence-corrected chi connectivity index (χ3v) is 5.42. The predicted octanol–water partition coefficient (Wildman–Crippen LogP) is 2.40. The maximum absolute atomic E-state index is 12.7. The number of carbonyl (C=O) groups is 1. The van der Waals surface area contributed by atoms with Gasteiger partial charge in [0.2, 0.25) is 0 Å². The molecule has 0 saturated carbocycles. The van der Waals surface area contributed by atoms with Crippen LogP contribution in [0.5, 0.6) is 0 Å². The van der Waals surface area contributed by atoms with Gasteiger partial charge in [0.05, 0.1) is 5.69 Å². The molecule has 1 fully saturated rings. The number of nitrogens with zero attached hydrogens (tertiary/aromatic N) is 2. The molecule has 1 unspecified atom stereocenters. The monoisotopic (exact) mass is 338 g/mol. The van der Waals surface area contributed by atoms with E-state index in [1.54, 1.807) is 0 Å². The van der Waals surface area contributed by atoms with Gasteiger partial charge in [0, 0.05) is 17.8 Å². The van der Waals surface area contributed by atoms with Crippen LogP contribution in [0.3, 0.4) is 0 Å². The van der Waals surface area contributed by atoms with Crippen LogP contribution in [0.1, 0.15) is 46.6 Å². The Hall–Kier alpha value is -2.14. The minimum Gasteiger partial charge on any atom is -0.351 e. The van der Waals surface area contributed by atoms with E-state index in [9.17, 15) is 4.79 Å². The van der Waals surface area contributed by atoms with Gasteiger partial charge in [-0.3, -0.25) is 4.79 Å². The molecule has 2 aliphatic rings. The molecule has 2 heterocycles. The van der Waals surface area contributed by atoms with Gasteiger partial charge in [0.25, 0.3) is 5.91 Å². The summed E-state index contributed by atoms with van der Waals surface area (Å²) >= 11 is 0. The maximum Gasteiger partial charge on any atom is 0.272 e. The molecule has 1 atom stereocenters. The second-order valence-corrected chi connectivity index (χ2v) is 7.28. The maximum atomic E-state index is 12.7. The quantitative estimate of drug-likeness (QED) is 0.880. The van der Waals surface area contributed by atoms with Crippen molar-refractivity contribution in [1.82, 2.24) is 20.4 Å². The Kier molecular flexibility index (Phi) is 4.57. The first kappa shape index (κ1) is 16.3. The van der Waals surface area contributed by atoms with Crippen LogP contribution in [-0.4, -0.2) is 35.3 Å². The van der Waals surface area contributed by atoms with Crippen LogP contribution < -0.4 is 10.6 Å². The van der Waals surface area contributed by atoms with E-state index in [1.807, 2.05) is 4.68 Å². The number of aromatic nitrogens is 2. The van der Waals surface area contributed by atoms with Crippen molar-refractivity contribution in [3.63, 3.8) is 0 Å². The third-order valence-electron chi connectivity index (χ3n) is 5.42. The molecule has 5 heteroatoms. The van der Waals surface area contributed by atoms with Crippen LogP contribution in [-0.2, 0) is 12.8 Å². The first-order chi connectivity index (χ1) is 12.2. The summed E-state index contributed by atoms with van der Waals surface area (Å²) in [5, 5.41) is 11.1. The summed E-state index contributed by atoms with van der Waals surface area (Å²) in [6, 6.07) is 8.34. The molecular formula is C20H26N4O. The second kappa shape index (κ2) is 7.00. The lowest BCUT2D eigenvalue weighted by atomic mass is 10.1. The molecule has 2 aromatic rings. The predicted molar refractivity (Wildman–Crippen MR) is 98.3 cm³/mol. The van der Waals surface area contributed by atoms with Gasteiger partial charge in [-0.25, -0.2) is 4.68 Å². The summed E-state index contributed by atoms with van der Waals surface area (Å²) in [6.45, 7) is 4.99. The molecule has 1 aromatic carbocycles. The molecule has 0 radical (unpaired) electrons. The minimum atomic E-state index is -0.0185. The summed E-state index contributed by atoms with van der Waals surface area (Å²) in [7, 11) is 0. The molecule has 5 nitrogen and oxygen atoms in total. The molecule has 1 saturated heterocycles. The van der Waals surface area contributed by atoms with E-state index in [-0.39, 0.29) is 5.91 Å². The molecule has 1 aliphatic carbocycles. The van der Waals surface area contributed by atoms with Crippen molar-refractivity contribution in [1.29, 1.82) is 0 Å². The first-order valence-electron chi connectivity index (χ1n) is 9.39. The fourth-order valence-corrected chi connectivity index (χ4v) is 3.95. The first-order valence-corrected chi connectivity index (χ1v) is 9.39. The Morgan fingerprint density at radius 1 is 1.32 bits per heavy atom. The minimum absolute atomic E-state index is 0.0185. The van der Waals surface area contributed by atoms with Gasteiger partial charge >= 0.3 is 0 Å². The van der Waals surface area contributed by atoms with E-state index in [2.05, 4.69) is 46.9 Å². The average molecular weight is 338 g/mol. The lowest BCUT2D eigenvalue weighted by Gasteiger charge is -2.09. The van der Waals surface area contributed by atoms with Gasteiger partial charge < -0.3 is 10.6 Å². The number of fused-ring (bicyclic) bond motifs is 1. The normalized spacial score (nSPS) is 19.2. The lowest BCUT2D eigenvalue weighted by Crippen LogP contribution is -2.27. The van der Waals surface area contributed by atoms with Crippen LogP contribution in [0.25, 0.3) is 5.69 Å². The zero-order chi connectivity index (χ0) is 17.2. The van der Waals surface area contributed by atoms with Crippen molar-refractivity contribution in [2.75, 3.05) is 19.6 Å². The standard InChI is InChI=1S/C20H26N4O/c1-14-5-7-16(8-6-14)24-18-4-2-3-17(18)19(23-24)20(25)22-12-10-15-9-11-21-13-15/h5-8,15,21H,2-4,9-13H2,1H3,(H,22,25). The smallest absolute Gasteiger partial charge is 0.272 e. The molecule has 2 N–H and O–H groups in total. The number of amides is 1. The molecule has 0 spiro atoms. The van der Waals surface area contributed by atoms with Crippen LogP contribution in [0.2, 0.25) is 0 Å². The second-order valence-electron chi connectivity index (χ2n) is 7.28. The molecule has 1 aliphatic heterocycles. The highest BCUT2D eigenvalue weighted by molar-refractivity contribution is 5.94. The molecule has 1 amide bonds. The zero-order valence-corrected chi connectivity index (χ0v) is 14.8. The van der Waals surface area contributed by atoms with Gasteiger partial charge in [0.1, 0.15) is 0 Å². The average Bonchev–Trinajstić information content (AvgIpc) is 3.33. The highest BCUT2D eigenvalue weighted by Crippen LogP contribution is 2.28. The van der Waals surface area contributed by atoms with Crippen molar-refractivity contribution in [3.8, 4) is 5.69 Å². The molecule has 1 aromatic heterocycles. The van der Waals surface area contributed by atoms with Gasteiger partial charge in [0.15, 0.2) is 5.69 Å². The number of nitrogens with one attached hydrogen (secondary N) is 2. The van der Waals surface area contributed by atoms with Crippen LogP contribution in [0, 0.1) is 12.8 Å². The van der Waals surface area contributed by atoms with E-state index in [1.165, 1.54) is 17.7 Å². The van der Waals surface area contributed by atoms with Crippen molar-refractivity contribution < 1.29 is 4.79 Å². The lowest BCUT2D eigenvalue weighted by molar-refractivity contribution is 0.0945. The topological polar surface area (TPSA) is 59.0 Å². The number of benzene rings is 1. The molecular weight excluding hydrogens is 312 g/mol. The summed E-state index contributed by atoms with van der Waals surface area (Å²) in [5.41, 5.74) is 5.24. The summed E-state index contributed by atoms with van der Waals surface area (Å²) in [4.78, 5) is 12.7. The van der Waals surface area contributed by atoms with E-state index >= 15 is 0 Å². The van der Waals surface area contributed by atoms with E-state index in [4.69, 9.17) is 0 Å². The van der Waals surface area contributed by atoms with Crippen molar-refractivity contribution in [3.05, 3.63) is 46.8 Å². The third kappa shape index (κ3) is 3.33. The van der Waals surface area contributed by atoms with E-state index in [0.717, 1.165) is 56.6 Å². The molecule has 25 heavy (non-hydrogen) atoms. The molecule has 4 rings (SSSR count). The Labute approximate surface area is 148 Å². The summed E-state index contributed by atoms with van der Waals surface area (Å²) in [5.74, 6) is 0.672. The van der Waals surface area contributed by atoms with Gasteiger partial charge in [-0.05, 0) is 70.2 Å². The number of aryl methyl sites for hydroxylation is 1. The fourth-order valence-electron chi connectivity index (χ4n) is 3.95. The summed E-state index contributed by atoms with van der Waals surface area (Å²) < 4.78 is 1.97. The van der Waals surface area contributed by atoms with Crippen molar-refractivity contribution in [2.45, 2.75) is 39.0 Å². The Morgan fingerprint density at radius 2 is 2.16 bits per heavy atom. The van der Waals surface area contributed by atoms with Crippen molar-refractivity contribution >= 4 is 5.91 Å². The number of rotatable bonds is 5. The van der Waals surface area contributed by atoms with Crippen LogP contribution >= 0.6 is 0 Å². The van der Waals surface area contributed by atoms with E-state index in [0.29, 0.717) is 11.6 Å². The Balaban J connectivity index is 1.50. The fraction of sp³-hybridized carbons (Fsp3) is 0.500. The highest BCUT2D eigenvalue weighted by Gasteiger charge is 2.27. The number of hydrogen-bond acceptors (Lipinski definition) is 3. The number of carbonyl (C=O) groups excluding carboxylic acids is 1. The Bertz CT molecular complexity index is 757. The van der Waals surface area contributed by atoms with Gasteiger partial charge in [-0.2, -0.15) is 5.10 Å². The SMILES string of the molecule is Cc1ccc(-n2nc(C(=O)NCCC3CCNC3)c3c2CCC3)cc1. The van der Waals surface area contributed by atoms with Gasteiger partial charge in [-0.1, -0.05) is 17.7 Å². The van der Waals surface area contributed by atoms with Gasteiger partial charge in [-0.15, -0.1) is 0 Å². The molecule has 0 bridgehead atoms. The van der Waals surface area contributed by atoms with E-state index < -0.39 is 0 Å². The van der Waals surface area contributed by atoms with Crippen LogP contribution in [0.15, 0.2) is 24.3 Å². The summed E-state index contributed by atoms with van der Waals surface area (Å²) in [6.07, 6.45) is 5.31. The van der Waals surface area contributed by atoms with Crippen LogP contribution in [0.4, 0.5) is 0 Å². The number of hydrogen-bond donors (Lipinski definition) is 2. The molecule has 132 valence electrons. The van der Waals surface area contributed by atoms with Crippen molar-refractivity contribution in [2.24, 2.45) is 5.92 Å². The largest absolute Gasteiger partial charge is 0.351 e.